The molecule has 2 heterocycles. The zero-order valence-corrected chi connectivity index (χ0v) is 17.4. The number of nitrogens with zero attached hydrogens (tertiary/aromatic N) is 1. The van der Waals surface area contributed by atoms with Crippen molar-refractivity contribution in [3.8, 4) is 21.8 Å². The van der Waals surface area contributed by atoms with Crippen molar-refractivity contribution in [2.24, 2.45) is 0 Å². The Hall–Kier alpha value is -4.10. The van der Waals surface area contributed by atoms with Crippen molar-refractivity contribution >= 4 is 33.9 Å². The number of carbonyl (C=O) groups is 1. The van der Waals surface area contributed by atoms with Crippen molar-refractivity contribution in [2.45, 2.75) is 0 Å². The van der Waals surface area contributed by atoms with E-state index in [0.29, 0.717) is 38.5 Å². The van der Waals surface area contributed by atoms with Crippen LogP contribution in [0.5, 0.6) is 0 Å². The van der Waals surface area contributed by atoms with Crippen LogP contribution in [0, 0.1) is 5.82 Å². The van der Waals surface area contributed by atoms with E-state index in [1.165, 1.54) is 23.5 Å². The molecule has 0 aliphatic rings. The predicted octanol–water partition coefficient (Wildman–Crippen LogP) is 5.97. The molecule has 0 saturated carbocycles. The molecule has 0 fully saturated rings. The van der Waals surface area contributed by atoms with E-state index in [4.69, 9.17) is 4.42 Å². The second-order valence-corrected chi connectivity index (χ2v) is 7.85. The number of hydrogen-bond acceptors (Lipinski definition) is 5. The number of amides is 1. The molecule has 0 aliphatic carbocycles. The normalized spacial score (nSPS) is 10.9. The van der Waals surface area contributed by atoms with Crippen LogP contribution >= 0.6 is 11.3 Å². The fourth-order valence-corrected chi connectivity index (χ4v) is 4.22. The fraction of sp³-hybridized carbons (Fsp3) is 0. The fourth-order valence-electron chi connectivity index (χ4n) is 3.37. The average molecular weight is 442 g/mol. The van der Waals surface area contributed by atoms with Crippen molar-refractivity contribution in [3.63, 3.8) is 0 Å². The number of halogens is 1. The Balaban J connectivity index is 1.48. The summed E-state index contributed by atoms with van der Waals surface area (Å²) in [6, 6.07) is 21.5. The second kappa shape index (κ2) is 8.20. The summed E-state index contributed by atoms with van der Waals surface area (Å²) in [6.07, 6.45) is 0. The first-order valence-electron chi connectivity index (χ1n) is 9.74. The lowest BCUT2D eigenvalue weighted by Crippen LogP contribution is -2.15. The highest BCUT2D eigenvalue weighted by Gasteiger charge is 2.17. The smallest absolute Gasteiger partial charge is 0.291 e. The molecule has 2 aromatic heterocycles. The van der Waals surface area contributed by atoms with E-state index in [0.717, 1.165) is 0 Å². The number of aromatic nitrogens is 1. The van der Waals surface area contributed by atoms with E-state index in [2.05, 4.69) is 10.3 Å². The summed E-state index contributed by atoms with van der Waals surface area (Å²) in [5, 5.41) is 5.56. The monoisotopic (exact) mass is 442 g/mol. The molecule has 0 bridgehead atoms. The molecule has 0 radical (unpaired) electrons. The first kappa shape index (κ1) is 19.8. The summed E-state index contributed by atoms with van der Waals surface area (Å²) in [4.78, 5) is 29.7. The van der Waals surface area contributed by atoms with Crippen LogP contribution in [0.3, 0.4) is 0 Å². The lowest BCUT2D eigenvalue weighted by molar-refractivity contribution is 0.0997. The summed E-state index contributed by atoms with van der Waals surface area (Å²) in [5.74, 6) is -0.986. The third kappa shape index (κ3) is 3.70. The van der Waals surface area contributed by atoms with Crippen LogP contribution in [0.2, 0.25) is 0 Å². The van der Waals surface area contributed by atoms with Gasteiger partial charge in [-0.15, -0.1) is 11.3 Å². The van der Waals surface area contributed by atoms with Crippen LogP contribution in [-0.4, -0.2) is 10.9 Å². The minimum Gasteiger partial charge on any atom is -0.451 e. The van der Waals surface area contributed by atoms with Gasteiger partial charge in [0.05, 0.1) is 16.8 Å². The van der Waals surface area contributed by atoms with Crippen LogP contribution in [0.4, 0.5) is 10.1 Å². The van der Waals surface area contributed by atoms with Gasteiger partial charge in [0.15, 0.2) is 11.2 Å². The Morgan fingerprint density at radius 2 is 1.66 bits per heavy atom. The molecular weight excluding hydrogens is 427 g/mol. The van der Waals surface area contributed by atoms with Crippen molar-refractivity contribution in [3.05, 3.63) is 106 Å². The van der Waals surface area contributed by atoms with Gasteiger partial charge in [-0.25, -0.2) is 9.37 Å². The molecule has 32 heavy (non-hydrogen) atoms. The summed E-state index contributed by atoms with van der Waals surface area (Å²) in [7, 11) is 0. The summed E-state index contributed by atoms with van der Waals surface area (Å²) in [5.41, 5.74) is 2.24. The number of benzene rings is 3. The Bertz CT molecular complexity index is 1520. The van der Waals surface area contributed by atoms with Crippen LogP contribution in [0.1, 0.15) is 10.6 Å². The highest BCUT2D eigenvalue weighted by atomic mass is 32.1. The lowest BCUT2D eigenvalue weighted by atomic mass is 10.1. The highest BCUT2D eigenvalue weighted by Crippen LogP contribution is 2.33. The number of anilines is 1. The third-order valence-corrected chi connectivity index (χ3v) is 5.79. The maximum Gasteiger partial charge on any atom is 0.291 e. The average Bonchev–Trinajstić information content (AvgIpc) is 3.29. The van der Waals surface area contributed by atoms with E-state index in [9.17, 15) is 14.0 Å². The SMILES string of the molecule is O=C(Nc1ccccc1-c1csc(-c2ccccc2F)n1)c1cc(=O)c2ccccc2o1. The molecule has 0 saturated heterocycles. The van der Waals surface area contributed by atoms with Crippen LogP contribution in [-0.2, 0) is 0 Å². The number of nitrogens with one attached hydrogen (secondary N) is 1. The maximum absolute atomic E-state index is 14.1. The third-order valence-electron chi connectivity index (χ3n) is 4.92. The van der Waals surface area contributed by atoms with Crippen LogP contribution in [0.15, 0.2) is 93.5 Å². The van der Waals surface area contributed by atoms with Gasteiger partial charge in [-0.1, -0.05) is 42.5 Å². The zero-order chi connectivity index (χ0) is 22.1. The van der Waals surface area contributed by atoms with E-state index in [-0.39, 0.29) is 17.0 Å². The highest BCUT2D eigenvalue weighted by molar-refractivity contribution is 7.13. The number of hydrogen-bond donors (Lipinski definition) is 1. The van der Waals surface area contributed by atoms with E-state index in [1.54, 1.807) is 54.6 Å². The molecule has 156 valence electrons. The van der Waals surface area contributed by atoms with Gasteiger partial charge in [0.1, 0.15) is 16.4 Å². The van der Waals surface area contributed by atoms with Gasteiger partial charge in [0.25, 0.3) is 5.91 Å². The van der Waals surface area contributed by atoms with E-state index in [1.807, 2.05) is 17.5 Å². The van der Waals surface area contributed by atoms with Crippen molar-refractivity contribution in [1.82, 2.24) is 4.98 Å². The van der Waals surface area contributed by atoms with E-state index < -0.39 is 5.91 Å². The number of para-hydroxylation sites is 2. The quantitative estimate of drug-likeness (QED) is 0.372. The van der Waals surface area contributed by atoms with Gasteiger partial charge in [-0.05, 0) is 30.3 Å². The topological polar surface area (TPSA) is 72.2 Å². The summed E-state index contributed by atoms with van der Waals surface area (Å²) < 4.78 is 19.8. The first-order chi connectivity index (χ1) is 15.6. The molecular formula is C25H15FN2O3S. The Kier molecular flexibility index (Phi) is 5.09. The van der Waals surface area contributed by atoms with Crippen LogP contribution < -0.4 is 10.7 Å². The molecule has 5 rings (SSSR count). The first-order valence-corrected chi connectivity index (χ1v) is 10.6. The Morgan fingerprint density at radius 3 is 2.50 bits per heavy atom. The van der Waals surface area contributed by atoms with Crippen molar-refractivity contribution in [1.29, 1.82) is 0 Å². The number of thiazole rings is 1. The minimum atomic E-state index is -0.551. The molecule has 0 aliphatic heterocycles. The van der Waals surface area contributed by atoms with E-state index >= 15 is 0 Å². The summed E-state index contributed by atoms with van der Waals surface area (Å²) >= 11 is 1.32. The van der Waals surface area contributed by atoms with Gasteiger partial charge >= 0.3 is 0 Å². The van der Waals surface area contributed by atoms with Gasteiger partial charge < -0.3 is 9.73 Å². The van der Waals surface area contributed by atoms with Crippen molar-refractivity contribution < 1.29 is 13.6 Å². The number of rotatable bonds is 4. The molecule has 0 spiro atoms. The largest absolute Gasteiger partial charge is 0.451 e. The molecule has 0 atom stereocenters. The molecule has 5 aromatic rings. The predicted molar refractivity (Wildman–Crippen MR) is 123 cm³/mol. The minimum absolute atomic E-state index is 0.0890. The molecule has 1 N–H and O–H groups in total. The molecule has 0 unspecified atom stereocenters. The Labute approximate surface area is 185 Å². The van der Waals surface area contributed by atoms with Gasteiger partial charge in [0, 0.05) is 22.6 Å². The molecule has 3 aromatic carbocycles. The molecule has 1 amide bonds. The van der Waals surface area contributed by atoms with Gasteiger partial charge in [-0.2, -0.15) is 0 Å². The second-order valence-electron chi connectivity index (χ2n) is 6.99. The standard InChI is InChI=1S/C25H15FN2O3S/c26-18-10-4-1-7-15(18)25-28-20(14-32-25)16-8-2-5-11-19(16)27-24(30)23-13-21(29)17-9-3-6-12-22(17)31-23/h1-14H,(H,27,30). The molecule has 7 heteroatoms. The van der Waals surface area contributed by atoms with Gasteiger partial charge in [0.2, 0.25) is 0 Å². The molecule has 5 nitrogen and oxygen atoms in total. The lowest BCUT2D eigenvalue weighted by Gasteiger charge is -2.09. The van der Waals surface area contributed by atoms with Crippen LogP contribution in [0.25, 0.3) is 32.8 Å². The number of carbonyl (C=O) groups excluding carboxylic acids is 1. The maximum atomic E-state index is 14.1. The zero-order valence-electron chi connectivity index (χ0n) is 16.5. The van der Waals surface area contributed by atoms with Crippen molar-refractivity contribution in [2.75, 3.05) is 5.32 Å². The van der Waals surface area contributed by atoms with Gasteiger partial charge in [-0.3, -0.25) is 9.59 Å². The summed E-state index contributed by atoms with van der Waals surface area (Å²) in [6.45, 7) is 0. The Morgan fingerprint density at radius 1 is 0.938 bits per heavy atom. The number of fused-ring (bicyclic) bond motifs is 1.